The first-order valence-electron chi connectivity index (χ1n) is 6.88. The maximum absolute atomic E-state index is 13.1. The number of para-hydroxylation sites is 1. The first kappa shape index (κ1) is 18.1. The molecule has 0 radical (unpaired) electrons. The van der Waals surface area contributed by atoms with E-state index in [0.717, 1.165) is 6.07 Å². The van der Waals surface area contributed by atoms with Gasteiger partial charge in [0.05, 0.1) is 17.9 Å². The third-order valence-electron chi connectivity index (χ3n) is 2.93. The molecule has 5 nitrogen and oxygen atoms in total. The number of alkyl halides is 3. The first-order chi connectivity index (χ1) is 11.4. The normalized spacial score (nSPS) is 11.2. The molecule has 24 heavy (non-hydrogen) atoms. The number of hydrogen-bond acceptors (Lipinski definition) is 6. The Morgan fingerprint density at radius 3 is 2.67 bits per heavy atom. The zero-order valence-corrected chi connectivity index (χ0v) is 13.7. The van der Waals surface area contributed by atoms with E-state index in [4.69, 9.17) is 4.74 Å². The smallest absolute Gasteiger partial charge is 0.418 e. The topological polar surface area (TPSA) is 64.1 Å². The van der Waals surface area contributed by atoms with Crippen LogP contribution in [0.25, 0.3) is 0 Å². The van der Waals surface area contributed by atoms with E-state index in [0.29, 0.717) is 5.16 Å². The molecule has 9 heteroatoms. The second-order valence-electron chi connectivity index (χ2n) is 4.51. The van der Waals surface area contributed by atoms with Gasteiger partial charge in [0, 0.05) is 6.20 Å². The van der Waals surface area contributed by atoms with Crippen LogP contribution in [0.15, 0.2) is 35.6 Å². The Labute approximate surface area is 140 Å². The molecule has 2 aromatic rings. The summed E-state index contributed by atoms with van der Waals surface area (Å²) in [6, 6.07) is 4.95. The second-order valence-corrected chi connectivity index (χ2v) is 5.28. The minimum absolute atomic E-state index is 0.0355. The first-order valence-corrected chi connectivity index (χ1v) is 8.10. The number of rotatable bonds is 5. The van der Waals surface area contributed by atoms with E-state index in [1.165, 1.54) is 36.2 Å². The molecule has 1 heterocycles. The molecule has 0 aliphatic rings. The van der Waals surface area contributed by atoms with Crippen LogP contribution in [0.5, 0.6) is 0 Å². The average molecular weight is 357 g/mol. The quantitative estimate of drug-likeness (QED) is 0.493. The van der Waals surface area contributed by atoms with Crippen molar-refractivity contribution in [1.29, 1.82) is 0 Å². The number of ether oxygens (including phenoxy) is 1. The molecule has 0 aliphatic heterocycles. The van der Waals surface area contributed by atoms with E-state index >= 15 is 0 Å². The molecule has 0 spiro atoms. The summed E-state index contributed by atoms with van der Waals surface area (Å²) in [4.78, 5) is 20.0. The van der Waals surface area contributed by atoms with Crippen molar-refractivity contribution in [2.45, 2.75) is 18.3 Å². The molecule has 0 saturated carbocycles. The van der Waals surface area contributed by atoms with Crippen molar-refractivity contribution in [2.75, 3.05) is 18.2 Å². The van der Waals surface area contributed by atoms with E-state index in [9.17, 15) is 18.0 Å². The number of esters is 1. The highest BCUT2D eigenvalue weighted by molar-refractivity contribution is 7.98. The van der Waals surface area contributed by atoms with Crippen molar-refractivity contribution in [3.63, 3.8) is 0 Å². The molecule has 2 rings (SSSR count). The Bertz CT molecular complexity index is 738. The number of carbonyl (C=O) groups is 1. The predicted octanol–water partition coefficient (Wildman–Crippen LogP) is 4.14. The minimum Gasteiger partial charge on any atom is -0.462 e. The van der Waals surface area contributed by atoms with Crippen LogP contribution >= 0.6 is 11.8 Å². The number of thioether (sulfide) groups is 1. The standard InChI is InChI=1S/C15H14F3N3O2S/c1-3-23-13(22)9-8-19-14(24-2)21-12(9)20-11-7-5-4-6-10(11)15(16,17)18/h4-8H,3H2,1-2H3,(H,19,20,21). The van der Waals surface area contributed by atoms with Crippen molar-refractivity contribution < 1.29 is 22.7 Å². The van der Waals surface area contributed by atoms with Crippen LogP contribution in [0.1, 0.15) is 22.8 Å². The fourth-order valence-electron chi connectivity index (χ4n) is 1.88. The fourth-order valence-corrected chi connectivity index (χ4v) is 2.23. The van der Waals surface area contributed by atoms with Gasteiger partial charge in [-0.3, -0.25) is 0 Å². The molecule has 0 atom stereocenters. The zero-order valence-electron chi connectivity index (χ0n) is 12.8. The SMILES string of the molecule is CCOC(=O)c1cnc(SC)nc1Nc1ccccc1C(F)(F)F. The zero-order chi connectivity index (χ0) is 17.7. The number of carbonyl (C=O) groups excluding carboxylic acids is 1. The molecule has 1 aromatic carbocycles. The van der Waals surface area contributed by atoms with Crippen molar-refractivity contribution >= 4 is 29.2 Å². The lowest BCUT2D eigenvalue weighted by molar-refractivity contribution is -0.136. The Morgan fingerprint density at radius 2 is 2.04 bits per heavy atom. The third kappa shape index (κ3) is 4.16. The summed E-state index contributed by atoms with van der Waals surface area (Å²) >= 11 is 1.20. The number of nitrogens with one attached hydrogen (secondary N) is 1. The Balaban J connectivity index is 2.47. The molecular weight excluding hydrogens is 343 g/mol. The Kier molecular flexibility index (Phi) is 5.66. The Morgan fingerprint density at radius 1 is 1.33 bits per heavy atom. The average Bonchev–Trinajstić information content (AvgIpc) is 2.54. The fraction of sp³-hybridized carbons (Fsp3) is 0.267. The van der Waals surface area contributed by atoms with Gasteiger partial charge in [0.2, 0.25) is 0 Å². The van der Waals surface area contributed by atoms with Gasteiger partial charge in [-0.2, -0.15) is 13.2 Å². The molecule has 1 N–H and O–H groups in total. The van der Waals surface area contributed by atoms with Gasteiger partial charge in [0.15, 0.2) is 5.16 Å². The molecule has 0 aliphatic carbocycles. The monoisotopic (exact) mass is 357 g/mol. The lowest BCUT2D eigenvalue weighted by atomic mass is 10.1. The summed E-state index contributed by atoms with van der Waals surface area (Å²) in [7, 11) is 0. The molecule has 128 valence electrons. The van der Waals surface area contributed by atoms with Crippen LogP contribution in [0.4, 0.5) is 24.7 Å². The number of anilines is 2. The van der Waals surface area contributed by atoms with E-state index < -0.39 is 17.7 Å². The molecular formula is C15H14F3N3O2S. The summed E-state index contributed by atoms with van der Waals surface area (Å²) in [6.07, 6.45) is -1.59. The maximum atomic E-state index is 13.1. The van der Waals surface area contributed by atoms with Crippen LogP contribution in [0.3, 0.4) is 0 Å². The number of halogens is 3. The van der Waals surface area contributed by atoms with E-state index in [1.54, 1.807) is 13.2 Å². The largest absolute Gasteiger partial charge is 0.462 e. The second kappa shape index (κ2) is 7.52. The number of aromatic nitrogens is 2. The number of nitrogens with zero attached hydrogens (tertiary/aromatic N) is 2. The van der Waals surface area contributed by atoms with Crippen LogP contribution in [0.2, 0.25) is 0 Å². The minimum atomic E-state index is -4.54. The summed E-state index contributed by atoms with van der Waals surface area (Å²) in [5.74, 6) is -0.748. The summed E-state index contributed by atoms with van der Waals surface area (Å²) in [5.41, 5.74) is -1.10. The van der Waals surface area contributed by atoms with Crippen LogP contribution in [0, 0.1) is 0 Å². The molecule has 0 saturated heterocycles. The lowest BCUT2D eigenvalue weighted by Gasteiger charge is -2.15. The van der Waals surface area contributed by atoms with Crippen LogP contribution in [-0.4, -0.2) is 28.8 Å². The molecule has 1 aromatic heterocycles. The van der Waals surface area contributed by atoms with Gasteiger partial charge in [0.1, 0.15) is 11.4 Å². The molecule has 0 bridgehead atoms. The molecule has 0 amide bonds. The van der Waals surface area contributed by atoms with Crippen molar-refractivity contribution in [1.82, 2.24) is 9.97 Å². The predicted molar refractivity (Wildman–Crippen MR) is 84.5 cm³/mol. The van der Waals surface area contributed by atoms with Gasteiger partial charge >= 0.3 is 12.1 Å². The maximum Gasteiger partial charge on any atom is 0.418 e. The molecule has 0 unspecified atom stereocenters. The lowest BCUT2D eigenvalue weighted by Crippen LogP contribution is -2.13. The van der Waals surface area contributed by atoms with Crippen LogP contribution in [-0.2, 0) is 10.9 Å². The number of hydrogen-bond donors (Lipinski definition) is 1. The van der Waals surface area contributed by atoms with Gasteiger partial charge < -0.3 is 10.1 Å². The van der Waals surface area contributed by atoms with Crippen LogP contribution < -0.4 is 5.32 Å². The Hall–Kier alpha value is -2.29. The highest BCUT2D eigenvalue weighted by Crippen LogP contribution is 2.36. The third-order valence-corrected chi connectivity index (χ3v) is 3.49. The van der Waals surface area contributed by atoms with Gasteiger partial charge in [-0.1, -0.05) is 23.9 Å². The number of benzene rings is 1. The molecule has 0 fully saturated rings. The van der Waals surface area contributed by atoms with Gasteiger partial charge in [-0.25, -0.2) is 14.8 Å². The van der Waals surface area contributed by atoms with E-state index in [-0.39, 0.29) is 23.7 Å². The summed E-state index contributed by atoms with van der Waals surface area (Å²) < 4.78 is 44.2. The van der Waals surface area contributed by atoms with Gasteiger partial charge in [-0.05, 0) is 25.3 Å². The van der Waals surface area contributed by atoms with E-state index in [1.807, 2.05) is 0 Å². The van der Waals surface area contributed by atoms with Crippen molar-refractivity contribution in [3.8, 4) is 0 Å². The van der Waals surface area contributed by atoms with E-state index in [2.05, 4.69) is 15.3 Å². The summed E-state index contributed by atoms with van der Waals surface area (Å²) in [6.45, 7) is 1.75. The van der Waals surface area contributed by atoms with Gasteiger partial charge in [-0.15, -0.1) is 0 Å². The highest BCUT2D eigenvalue weighted by atomic mass is 32.2. The summed E-state index contributed by atoms with van der Waals surface area (Å²) in [5, 5.41) is 2.89. The van der Waals surface area contributed by atoms with Crippen molar-refractivity contribution in [3.05, 3.63) is 41.6 Å². The highest BCUT2D eigenvalue weighted by Gasteiger charge is 2.33. The van der Waals surface area contributed by atoms with Gasteiger partial charge in [0.25, 0.3) is 0 Å². The van der Waals surface area contributed by atoms with Crippen molar-refractivity contribution in [2.24, 2.45) is 0 Å².